The van der Waals surface area contributed by atoms with E-state index in [0.717, 1.165) is 12.3 Å². The van der Waals surface area contributed by atoms with Crippen molar-refractivity contribution < 1.29 is 19.6 Å². The van der Waals surface area contributed by atoms with Gasteiger partial charge in [0.25, 0.3) is 17.2 Å². The highest BCUT2D eigenvalue weighted by atomic mass is 16.6. The number of hydrogen-bond donors (Lipinski definition) is 3. The Morgan fingerprint density at radius 3 is 2.71 bits per heavy atom. The third-order valence-corrected chi connectivity index (χ3v) is 3.06. The Kier molecular flexibility index (Phi) is 3.83. The minimum Gasteiger partial charge on any atom is -0.481 e. The van der Waals surface area contributed by atoms with Crippen LogP contribution in [0.4, 0.5) is 5.69 Å². The van der Waals surface area contributed by atoms with Crippen molar-refractivity contribution in [3.05, 3.63) is 50.4 Å². The fraction of sp³-hybridized carbons (Fsp3) is 0.250. The second-order valence-corrected chi connectivity index (χ2v) is 4.50. The predicted octanol–water partition coefficient (Wildman–Crippen LogP) is 0.0422. The van der Waals surface area contributed by atoms with Gasteiger partial charge >= 0.3 is 5.97 Å². The standard InChI is InChI=1S/C12H11N3O6/c16-10-9(4-8(5-13-10)15(20)21)11(17)14-7-2-1-6(3-7)12(18)19/h1-2,4-7H,3H2,(H,13,16)(H,14,17)(H,18,19). The average molecular weight is 293 g/mol. The summed E-state index contributed by atoms with van der Waals surface area (Å²) in [5, 5.41) is 21.9. The molecule has 21 heavy (non-hydrogen) atoms. The average Bonchev–Trinajstić information content (AvgIpc) is 2.87. The first-order valence-corrected chi connectivity index (χ1v) is 5.97. The van der Waals surface area contributed by atoms with Gasteiger partial charge in [-0.25, -0.2) is 0 Å². The number of aromatic nitrogens is 1. The molecule has 0 aromatic carbocycles. The molecule has 0 saturated carbocycles. The van der Waals surface area contributed by atoms with E-state index in [2.05, 4.69) is 10.3 Å². The second-order valence-electron chi connectivity index (χ2n) is 4.50. The number of nitro groups is 1. The molecule has 0 bridgehead atoms. The lowest BCUT2D eigenvalue weighted by Crippen LogP contribution is -2.36. The molecular formula is C12H11N3O6. The maximum absolute atomic E-state index is 11.9. The Morgan fingerprint density at radius 1 is 1.43 bits per heavy atom. The number of carboxylic acid groups (broad SMARTS) is 1. The summed E-state index contributed by atoms with van der Waals surface area (Å²) in [7, 11) is 0. The monoisotopic (exact) mass is 293 g/mol. The number of hydrogen-bond acceptors (Lipinski definition) is 5. The molecule has 9 nitrogen and oxygen atoms in total. The van der Waals surface area contributed by atoms with Gasteiger partial charge in [0, 0.05) is 12.1 Å². The summed E-state index contributed by atoms with van der Waals surface area (Å²) < 4.78 is 0. The topological polar surface area (TPSA) is 142 Å². The fourth-order valence-electron chi connectivity index (χ4n) is 1.98. The van der Waals surface area contributed by atoms with Crippen molar-refractivity contribution in [3.63, 3.8) is 0 Å². The molecule has 1 amide bonds. The Balaban J connectivity index is 2.13. The molecule has 2 unspecified atom stereocenters. The number of aromatic amines is 1. The lowest BCUT2D eigenvalue weighted by Gasteiger charge is -2.11. The molecule has 110 valence electrons. The van der Waals surface area contributed by atoms with Crippen LogP contribution in [-0.4, -0.2) is 32.9 Å². The zero-order valence-electron chi connectivity index (χ0n) is 10.6. The molecule has 1 aromatic heterocycles. The van der Waals surface area contributed by atoms with Gasteiger partial charge < -0.3 is 15.4 Å². The quantitative estimate of drug-likeness (QED) is 0.406. The molecule has 1 aliphatic rings. The first-order valence-electron chi connectivity index (χ1n) is 5.97. The van der Waals surface area contributed by atoms with E-state index in [-0.39, 0.29) is 6.42 Å². The third-order valence-electron chi connectivity index (χ3n) is 3.06. The SMILES string of the molecule is O=C(NC1C=CC(C(=O)O)C1)c1cc([N+](=O)[O-])c[nH]c1=O. The van der Waals surface area contributed by atoms with Gasteiger partial charge in [0.1, 0.15) is 5.56 Å². The van der Waals surface area contributed by atoms with Gasteiger partial charge in [-0.1, -0.05) is 12.2 Å². The van der Waals surface area contributed by atoms with Crippen molar-refractivity contribution in [2.45, 2.75) is 12.5 Å². The molecular weight excluding hydrogens is 282 g/mol. The highest BCUT2D eigenvalue weighted by Gasteiger charge is 2.26. The summed E-state index contributed by atoms with van der Waals surface area (Å²) >= 11 is 0. The van der Waals surface area contributed by atoms with E-state index in [1.165, 1.54) is 12.2 Å². The van der Waals surface area contributed by atoms with Crippen LogP contribution in [-0.2, 0) is 4.79 Å². The van der Waals surface area contributed by atoms with Crippen LogP contribution in [0.15, 0.2) is 29.2 Å². The zero-order chi connectivity index (χ0) is 15.6. The van der Waals surface area contributed by atoms with Crippen molar-refractivity contribution in [1.29, 1.82) is 0 Å². The lowest BCUT2D eigenvalue weighted by molar-refractivity contribution is -0.385. The van der Waals surface area contributed by atoms with E-state index in [4.69, 9.17) is 5.11 Å². The maximum atomic E-state index is 11.9. The minimum absolute atomic E-state index is 0.175. The molecule has 1 aliphatic carbocycles. The number of rotatable bonds is 4. The maximum Gasteiger partial charge on any atom is 0.310 e. The van der Waals surface area contributed by atoms with Crippen molar-refractivity contribution in [2.75, 3.05) is 0 Å². The Labute approximate surface area is 117 Å². The van der Waals surface area contributed by atoms with Crippen LogP contribution in [0.2, 0.25) is 0 Å². The first-order chi connectivity index (χ1) is 9.88. The number of carbonyl (C=O) groups is 2. The number of carbonyl (C=O) groups excluding carboxylic acids is 1. The number of amides is 1. The number of nitrogens with one attached hydrogen (secondary N) is 2. The summed E-state index contributed by atoms with van der Waals surface area (Å²) in [6.45, 7) is 0. The van der Waals surface area contributed by atoms with Crippen LogP contribution in [0.1, 0.15) is 16.8 Å². The molecule has 0 saturated heterocycles. The van der Waals surface area contributed by atoms with Crippen LogP contribution in [0.5, 0.6) is 0 Å². The number of pyridine rings is 1. The van der Waals surface area contributed by atoms with Gasteiger partial charge in [-0.2, -0.15) is 0 Å². The molecule has 1 heterocycles. The second kappa shape index (κ2) is 5.57. The van der Waals surface area contributed by atoms with E-state index < -0.39 is 45.6 Å². The normalized spacial score (nSPS) is 20.2. The van der Waals surface area contributed by atoms with Crippen molar-refractivity contribution in [1.82, 2.24) is 10.3 Å². The Hall–Kier alpha value is -2.97. The van der Waals surface area contributed by atoms with Crippen LogP contribution in [0.3, 0.4) is 0 Å². The minimum atomic E-state index is -1.00. The molecule has 3 N–H and O–H groups in total. The van der Waals surface area contributed by atoms with Crippen molar-refractivity contribution >= 4 is 17.6 Å². The lowest BCUT2D eigenvalue weighted by atomic mass is 10.1. The third kappa shape index (κ3) is 3.14. The fourth-order valence-corrected chi connectivity index (χ4v) is 1.98. The molecule has 0 aliphatic heterocycles. The largest absolute Gasteiger partial charge is 0.481 e. The molecule has 0 spiro atoms. The van der Waals surface area contributed by atoms with Crippen molar-refractivity contribution in [2.24, 2.45) is 5.92 Å². The van der Waals surface area contributed by atoms with E-state index in [1.807, 2.05) is 0 Å². The molecule has 9 heteroatoms. The summed E-state index contributed by atoms with van der Waals surface area (Å²) in [6.07, 6.45) is 4.04. The van der Waals surface area contributed by atoms with Gasteiger partial charge in [-0.05, 0) is 6.42 Å². The van der Waals surface area contributed by atoms with Crippen LogP contribution in [0, 0.1) is 16.0 Å². The van der Waals surface area contributed by atoms with E-state index in [0.29, 0.717) is 0 Å². The summed E-state index contributed by atoms with van der Waals surface area (Å²) in [4.78, 5) is 46.3. The van der Waals surface area contributed by atoms with Crippen molar-refractivity contribution in [3.8, 4) is 0 Å². The van der Waals surface area contributed by atoms with E-state index in [1.54, 1.807) is 0 Å². The van der Waals surface area contributed by atoms with E-state index in [9.17, 15) is 24.5 Å². The molecule has 0 fully saturated rings. The van der Waals surface area contributed by atoms with Gasteiger partial charge in [-0.3, -0.25) is 24.5 Å². The van der Waals surface area contributed by atoms with Gasteiger partial charge in [0.15, 0.2) is 0 Å². The first kappa shape index (κ1) is 14.4. The summed E-state index contributed by atoms with van der Waals surface area (Å²) in [5.74, 6) is -2.49. The molecule has 2 atom stereocenters. The number of carboxylic acids is 1. The smallest absolute Gasteiger partial charge is 0.310 e. The molecule has 0 radical (unpaired) electrons. The van der Waals surface area contributed by atoms with Gasteiger partial charge in [0.05, 0.1) is 17.0 Å². The Morgan fingerprint density at radius 2 is 2.14 bits per heavy atom. The number of aliphatic carboxylic acids is 1. The van der Waals surface area contributed by atoms with Crippen LogP contribution >= 0.6 is 0 Å². The van der Waals surface area contributed by atoms with Gasteiger partial charge in [-0.15, -0.1) is 0 Å². The highest BCUT2D eigenvalue weighted by molar-refractivity contribution is 5.94. The highest BCUT2D eigenvalue weighted by Crippen LogP contribution is 2.18. The van der Waals surface area contributed by atoms with E-state index >= 15 is 0 Å². The summed E-state index contributed by atoms with van der Waals surface area (Å²) in [6, 6.07) is 0.346. The number of H-pyrrole nitrogens is 1. The van der Waals surface area contributed by atoms with Crippen LogP contribution < -0.4 is 10.9 Å². The van der Waals surface area contributed by atoms with Gasteiger partial charge in [0.2, 0.25) is 0 Å². The Bertz CT molecular complexity index is 692. The molecule has 1 aromatic rings. The molecule has 2 rings (SSSR count). The summed E-state index contributed by atoms with van der Waals surface area (Å²) in [5.41, 5.74) is -1.56. The predicted molar refractivity (Wildman–Crippen MR) is 69.9 cm³/mol. The zero-order valence-corrected chi connectivity index (χ0v) is 10.6. The number of nitrogens with zero attached hydrogens (tertiary/aromatic N) is 1. The van der Waals surface area contributed by atoms with Crippen LogP contribution in [0.25, 0.3) is 0 Å².